The van der Waals surface area contributed by atoms with Crippen LogP contribution >= 0.6 is 0 Å². The molecule has 0 unspecified atom stereocenters. The molecule has 9 nitrogen and oxygen atoms in total. The average molecular weight is 406 g/mol. The van der Waals surface area contributed by atoms with Crippen molar-refractivity contribution in [3.8, 4) is 0 Å². The maximum atomic E-state index is 12.4. The van der Waals surface area contributed by atoms with Gasteiger partial charge < -0.3 is 9.47 Å². The quantitative estimate of drug-likeness (QED) is 0.558. The molecule has 0 N–H and O–H groups in total. The predicted octanol–water partition coefficient (Wildman–Crippen LogP) is 3.39. The fraction of sp³-hybridized carbons (Fsp3) is 0.500. The topological polar surface area (TPSA) is 102 Å². The van der Waals surface area contributed by atoms with Crippen LogP contribution < -0.4 is 0 Å². The minimum absolute atomic E-state index is 0.158. The van der Waals surface area contributed by atoms with Gasteiger partial charge in [-0.05, 0) is 53.7 Å². The van der Waals surface area contributed by atoms with E-state index in [0.29, 0.717) is 16.2 Å². The first-order chi connectivity index (χ1) is 13.3. The zero-order valence-electron chi connectivity index (χ0n) is 17.5. The molecule has 1 aromatic carbocycles. The number of hydroxylamine groups is 2. The van der Waals surface area contributed by atoms with Gasteiger partial charge in [0, 0.05) is 0 Å². The highest BCUT2D eigenvalue weighted by Gasteiger charge is 2.36. The summed E-state index contributed by atoms with van der Waals surface area (Å²) in [6.45, 7) is 9.36. The molecule has 0 saturated carbocycles. The number of hydrogen-bond donors (Lipinski definition) is 0. The van der Waals surface area contributed by atoms with Crippen LogP contribution in [0.4, 0.5) is 9.59 Å². The van der Waals surface area contributed by atoms with E-state index < -0.39 is 35.2 Å². The minimum Gasteiger partial charge on any atom is -0.442 e. The van der Waals surface area contributed by atoms with Crippen molar-refractivity contribution in [1.82, 2.24) is 9.96 Å². The molecular weight excluding hydrogens is 380 g/mol. The van der Waals surface area contributed by atoms with Crippen molar-refractivity contribution >= 4 is 24.0 Å². The van der Waals surface area contributed by atoms with Gasteiger partial charge >= 0.3 is 12.2 Å². The molecule has 158 valence electrons. The number of benzene rings is 1. The summed E-state index contributed by atoms with van der Waals surface area (Å²) in [4.78, 5) is 55.7. The minimum atomic E-state index is -1.06. The van der Waals surface area contributed by atoms with Gasteiger partial charge in [-0.25, -0.2) is 9.59 Å². The molecular formula is C20H26N2O7. The predicted molar refractivity (Wildman–Crippen MR) is 102 cm³/mol. The fourth-order valence-corrected chi connectivity index (χ4v) is 2.45. The van der Waals surface area contributed by atoms with Gasteiger partial charge in [-0.15, -0.1) is 0 Å². The van der Waals surface area contributed by atoms with E-state index in [1.54, 1.807) is 65.8 Å². The molecule has 0 atom stereocenters. The number of rotatable bonds is 4. The number of carbonyl (C=O) groups is 4. The SMILES string of the molecule is CC(C)(C)OC(=O)N(OCCN1C(=O)c2ccccc2C1=O)C(=O)OC(C)(C)C. The van der Waals surface area contributed by atoms with Gasteiger partial charge in [0.05, 0.1) is 24.3 Å². The molecule has 9 heteroatoms. The van der Waals surface area contributed by atoms with Crippen molar-refractivity contribution in [1.29, 1.82) is 0 Å². The van der Waals surface area contributed by atoms with E-state index >= 15 is 0 Å². The smallest absolute Gasteiger partial charge is 0.442 e. The first kappa shape index (κ1) is 22.4. The van der Waals surface area contributed by atoms with Crippen LogP contribution in [-0.4, -0.2) is 58.3 Å². The Balaban J connectivity index is 2.06. The lowest BCUT2D eigenvalue weighted by atomic mass is 10.1. The van der Waals surface area contributed by atoms with Crippen LogP contribution in [0, 0.1) is 0 Å². The maximum absolute atomic E-state index is 12.4. The van der Waals surface area contributed by atoms with E-state index in [-0.39, 0.29) is 13.2 Å². The van der Waals surface area contributed by atoms with E-state index in [2.05, 4.69) is 0 Å². The highest BCUT2D eigenvalue weighted by Crippen LogP contribution is 2.22. The molecule has 0 saturated heterocycles. The molecule has 0 aliphatic carbocycles. The van der Waals surface area contributed by atoms with Crippen molar-refractivity contribution in [2.24, 2.45) is 0 Å². The van der Waals surface area contributed by atoms with Crippen molar-refractivity contribution in [3.05, 3.63) is 35.4 Å². The number of ether oxygens (including phenoxy) is 2. The Morgan fingerprint density at radius 3 is 1.66 bits per heavy atom. The Labute approximate surface area is 169 Å². The van der Waals surface area contributed by atoms with E-state index in [4.69, 9.17) is 14.3 Å². The third-order valence-corrected chi connectivity index (χ3v) is 3.53. The third kappa shape index (κ3) is 5.77. The summed E-state index contributed by atoms with van der Waals surface area (Å²) in [6.07, 6.45) is -2.12. The Morgan fingerprint density at radius 2 is 1.28 bits per heavy atom. The van der Waals surface area contributed by atoms with E-state index in [1.165, 1.54) is 0 Å². The van der Waals surface area contributed by atoms with Crippen LogP contribution in [-0.2, 0) is 14.3 Å². The summed E-state index contributed by atoms with van der Waals surface area (Å²) in [5.74, 6) is -0.925. The summed E-state index contributed by atoms with van der Waals surface area (Å²) in [5.41, 5.74) is -1.14. The lowest BCUT2D eigenvalue weighted by molar-refractivity contribution is -0.139. The second-order valence-electron chi connectivity index (χ2n) is 8.40. The number of hydrogen-bond acceptors (Lipinski definition) is 7. The number of nitrogens with zero attached hydrogens (tertiary/aromatic N) is 2. The second-order valence-corrected chi connectivity index (χ2v) is 8.40. The Kier molecular flexibility index (Phi) is 6.32. The molecule has 0 spiro atoms. The fourth-order valence-electron chi connectivity index (χ4n) is 2.45. The average Bonchev–Trinajstić information content (AvgIpc) is 2.80. The summed E-state index contributed by atoms with van der Waals surface area (Å²) in [7, 11) is 0. The summed E-state index contributed by atoms with van der Waals surface area (Å²) < 4.78 is 10.3. The Morgan fingerprint density at radius 1 is 0.862 bits per heavy atom. The van der Waals surface area contributed by atoms with E-state index in [9.17, 15) is 19.2 Å². The largest absolute Gasteiger partial charge is 0.444 e. The summed E-state index contributed by atoms with van der Waals surface area (Å²) >= 11 is 0. The van der Waals surface area contributed by atoms with Crippen molar-refractivity contribution in [2.75, 3.05) is 13.2 Å². The number of fused-ring (bicyclic) bond motifs is 1. The number of carbonyl (C=O) groups excluding carboxylic acids is 4. The van der Waals surface area contributed by atoms with Gasteiger partial charge in [0.2, 0.25) is 0 Å². The standard InChI is InChI=1S/C20H26N2O7/c1-19(2,3)28-17(25)22(18(26)29-20(4,5)6)27-12-11-21-15(23)13-9-7-8-10-14(13)16(21)24/h7-10H,11-12H2,1-6H3. The molecule has 0 bridgehead atoms. The van der Waals surface area contributed by atoms with Gasteiger partial charge in [0.15, 0.2) is 0 Å². The zero-order chi connectivity index (χ0) is 22.0. The molecule has 0 radical (unpaired) electrons. The second kappa shape index (κ2) is 8.20. The van der Waals surface area contributed by atoms with Gasteiger partial charge in [0.25, 0.3) is 11.8 Å². The molecule has 2 rings (SSSR count). The highest BCUT2D eigenvalue weighted by molar-refractivity contribution is 6.21. The van der Waals surface area contributed by atoms with Gasteiger partial charge in [-0.3, -0.25) is 19.3 Å². The molecule has 1 heterocycles. The van der Waals surface area contributed by atoms with Crippen LogP contribution in [0.1, 0.15) is 62.3 Å². The van der Waals surface area contributed by atoms with Crippen LogP contribution in [0.25, 0.3) is 0 Å². The van der Waals surface area contributed by atoms with Crippen molar-refractivity contribution < 1.29 is 33.5 Å². The first-order valence-corrected chi connectivity index (χ1v) is 9.14. The molecule has 0 fully saturated rings. The highest BCUT2D eigenvalue weighted by atomic mass is 16.8. The van der Waals surface area contributed by atoms with Crippen LogP contribution in [0.15, 0.2) is 24.3 Å². The van der Waals surface area contributed by atoms with E-state index in [1.807, 2.05) is 0 Å². The molecule has 4 amide bonds. The Bertz CT molecular complexity index is 758. The lowest BCUT2D eigenvalue weighted by Gasteiger charge is -2.28. The third-order valence-electron chi connectivity index (χ3n) is 3.53. The van der Waals surface area contributed by atoms with Gasteiger partial charge in [-0.1, -0.05) is 17.2 Å². The van der Waals surface area contributed by atoms with Crippen molar-refractivity contribution in [3.63, 3.8) is 0 Å². The maximum Gasteiger partial charge on any atom is 0.444 e. The number of amides is 4. The lowest BCUT2D eigenvalue weighted by Crippen LogP contribution is -2.45. The molecule has 0 aromatic heterocycles. The first-order valence-electron chi connectivity index (χ1n) is 9.14. The van der Waals surface area contributed by atoms with Gasteiger partial charge in [0.1, 0.15) is 11.2 Å². The normalized spacial score (nSPS) is 13.9. The molecule has 29 heavy (non-hydrogen) atoms. The molecule has 1 aliphatic heterocycles. The summed E-state index contributed by atoms with van der Waals surface area (Å²) in [5, 5.41) is 0.356. The molecule has 1 aromatic rings. The van der Waals surface area contributed by atoms with Crippen LogP contribution in [0.5, 0.6) is 0 Å². The van der Waals surface area contributed by atoms with Crippen LogP contribution in [0.2, 0.25) is 0 Å². The van der Waals surface area contributed by atoms with Crippen LogP contribution in [0.3, 0.4) is 0 Å². The Hall–Kier alpha value is -2.94. The summed E-state index contributed by atoms with van der Waals surface area (Å²) in [6, 6.07) is 6.45. The van der Waals surface area contributed by atoms with Crippen molar-refractivity contribution in [2.45, 2.75) is 52.7 Å². The molecule has 1 aliphatic rings. The zero-order valence-corrected chi connectivity index (χ0v) is 17.5. The monoisotopic (exact) mass is 406 g/mol. The van der Waals surface area contributed by atoms with E-state index in [0.717, 1.165) is 4.90 Å². The number of imide groups is 2. The van der Waals surface area contributed by atoms with Gasteiger partial charge in [-0.2, -0.15) is 0 Å².